The van der Waals surface area contributed by atoms with Crippen molar-refractivity contribution in [3.05, 3.63) is 28.8 Å². The molecule has 1 aromatic carbocycles. The van der Waals surface area contributed by atoms with E-state index < -0.39 is 5.60 Å². The third-order valence-electron chi connectivity index (χ3n) is 5.48. The molecule has 0 aromatic heterocycles. The minimum absolute atomic E-state index is 0.0915. The van der Waals surface area contributed by atoms with Crippen molar-refractivity contribution in [2.45, 2.75) is 39.2 Å². The highest BCUT2D eigenvalue weighted by Gasteiger charge is 2.46. The van der Waals surface area contributed by atoms with Gasteiger partial charge in [0.1, 0.15) is 5.60 Å². The van der Waals surface area contributed by atoms with Crippen LogP contribution < -0.4 is 4.90 Å². The molecule has 2 aliphatic heterocycles. The number of nitrogens with zero attached hydrogens (tertiary/aromatic N) is 3. The lowest BCUT2D eigenvalue weighted by molar-refractivity contribution is 0.00597. The molecule has 1 spiro atoms. The first-order valence-corrected chi connectivity index (χ1v) is 10.1. The number of carbonyl (C=O) groups excluding carboxylic acids is 2. The topological polar surface area (TPSA) is 53.1 Å². The number of carbonyl (C=O) groups is 2. The van der Waals surface area contributed by atoms with Crippen molar-refractivity contribution in [3.63, 3.8) is 0 Å². The summed E-state index contributed by atoms with van der Waals surface area (Å²) in [7, 11) is 3.44. The summed E-state index contributed by atoms with van der Waals surface area (Å²) in [5.74, 6) is -0.0915. The molecule has 0 aliphatic carbocycles. The summed E-state index contributed by atoms with van der Waals surface area (Å²) in [6.45, 7) is 9.05. The molecule has 0 saturated carbocycles. The zero-order valence-corrected chi connectivity index (χ0v) is 18.2. The highest BCUT2D eigenvalue weighted by molar-refractivity contribution is 6.34. The van der Waals surface area contributed by atoms with Crippen molar-refractivity contribution in [2.24, 2.45) is 5.41 Å². The highest BCUT2D eigenvalue weighted by atomic mass is 35.5. The van der Waals surface area contributed by atoms with Crippen LogP contribution in [-0.2, 0) is 4.74 Å². The Labute approximate surface area is 172 Å². The summed E-state index contributed by atoms with van der Waals surface area (Å²) >= 11 is 6.35. The number of benzene rings is 1. The summed E-state index contributed by atoms with van der Waals surface area (Å²) < 4.78 is 5.48. The van der Waals surface area contributed by atoms with Gasteiger partial charge in [0.25, 0.3) is 5.91 Å². The van der Waals surface area contributed by atoms with Crippen molar-refractivity contribution in [3.8, 4) is 0 Å². The van der Waals surface area contributed by atoms with E-state index >= 15 is 0 Å². The second-order valence-corrected chi connectivity index (χ2v) is 9.59. The molecule has 0 N–H and O–H groups in total. The minimum atomic E-state index is -0.459. The van der Waals surface area contributed by atoms with Crippen LogP contribution in [0.2, 0.25) is 5.02 Å². The number of rotatable bonds is 2. The van der Waals surface area contributed by atoms with Crippen molar-refractivity contribution >= 4 is 29.3 Å². The minimum Gasteiger partial charge on any atom is -0.444 e. The fourth-order valence-electron chi connectivity index (χ4n) is 3.87. The van der Waals surface area contributed by atoms with Gasteiger partial charge in [-0.05, 0) is 51.8 Å². The van der Waals surface area contributed by atoms with E-state index in [-0.39, 0.29) is 17.4 Å². The fraction of sp³-hybridized carbons (Fsp3) is 0.619. The van der Waals surface area contributed by atoms with Gasteiger partial charge in [0.05, 0.1) is 10.6 Å². The maximum absolute atomic E-state index is 12.2. The van der Waals surface area contributed by atoms with Crippen LogP contribution >= 0.6 is 11.6 Å². The average molecular weight is 408 g/mol. The molecule has 7 heteroatoms. The third-order valence-corrected chi connectivity index (χ3v) is 5.80. The lowest BCUT2D eigenvalue weighted by Crippen LogP contribution is -2.61. The van der Waals surface area contributed by atoms with E-state index in [2.05, 4.69) is 4.90 Å². The van der Waals surface area contributed by atoms with Gasteiger partial charge in [-0.15, -0.1) is 0 Å². The number of halogens is 1. The van der Waals surface area contributed by atoms with Gasteiger partial charge in [0.15, 0.2) is 0 Å². The predicted octanol–water partition coefficient (Wildman–Crippen LogP) is 3.88. The first kappa shape index (κ1) is 20.8. The van der Waals surface area contributed by atoms with Crippen molar-refractivity contribution in [1.82, 2.24) is 9.80 Å². The zero-order chi connectivity index (χ0) is 20.7. The van der Waals surface area contributed by atoms with Gasteiger partial charge in [-0.3, -0.25) is 4.79 Å². The number of ether oxygens (including phenoxy) is 1. The van der Waals surface area contributed by atoms with E-state index in [1.165, 1.54) is 4.90 Å². The van der Waals surface area contributed by atoms with E-state index in [0.717, 1.165) is 44.7 Å². The van der Waals surface area contributed by atoms with Crippen LogP contribution in [0, 0.1) is 5.41 Å². The maximum atomic E-state index is 12.2. The molecule has 2 amide bonds. The van der Waals surface area contributed by atoms with E-state index in [0.29, 0.717) is 10.6 Å². The fourth-order valence-corrected chi connectivity index (χ4v) is 4.12. The van der Waals surface area contributed by atoms with E-state index in [1.54, 1.807) is 20.2 Å². The highest BCUT2D eigenvalue weighted by Crippen LogP contribution is 2.43. The van der Waals surface area contributed by atoms with Gasteiger partial charge in [0, 0.05) is 51.4 Å². The average Bonchev–Trinajstić information content (AvgIpc) is 2.57. The predicted molar refractivity (Wildman–Crippen MR) is 111 cm³/mol. The van der Waals surface area contributed by atoms with Crippen LogP contribution in [0.15, 0.2) is 18.2 Å². The maximum Gasteiger partial charge on any atom is 0.410 e. The molecule has 154 valence electrons. The molecule has 28 heavy (non-hydrogen) atoms. The standard InChI is InChI=1S/C21H30ClN3O3/c1-20(2,3)28-19(27)24-10-8-21(9-11-24)13-25(14-21)15-6-7-16(17(22)12-15)18(26)23(4)5/h6-7,12H,8-11,13-14H2,1-5H3. The number of likely N-dealkylation sites (tertiary alicyclic amines) is 1. The van der Waals surface area contributed by atoms with Gasteiger partial charge < -0.3 is 19.4 Å². The quantitative estimate of drug-likeness (QED) is 0.746. The second-order valence-electron chi connectivity index (χ2n) is 9.19. The van der Waals surface area contributed by atoms with Crippen LogP contribution in [0.4, 0.5) is 10.5 Å². The van der Waals surface area contributed by atoms with E-state index in [1.807, 2.05) is 37.8 Å². The van der Waals surface area contributed by atoms with E-state index in [9.17, 15) is 9.59 Å². The Hall–Kier alpha value is -1.95. The van der Waals surface area contributed by atoms with Crippen molar-refractivity contribution in [1.29, 1.82) is 0 Å². The molecule has 3 rings (SSSR count). The molecule has 2 heterocycles. The Kier molecular flexibility index (Phi) is 5.54. The summed E-state index contributed by atoms with van der Waals surface area (Å²) in [4.78, 5) is 30.0. The van der Waals surface area contributed by atoms with Crippen LogP contribution in [0.5, 0.6) is 0 Å². The Balaban J connectivity index is 1.56. The molecule has 2 saturated heterocycles. The number of amides is 2. The molecule has 0 radical (unpaired) electrons. The number of hydrogen-bond acceptors (Lipinski definition) is 4. The van der Waals surface area contributed by atoms with Gasteiger partial charge in [0.2, 0.25) is 0 Å². The van der Waals surface area contributed by atoms with E-state index in [4.69, 9.17) is 16.3 Å². The smallest absolute Gasteiger partial charge is 0.410 e. The van der Waals surface area contributed by atoms with Gasteiger partial charge in [-0.2, -0.15) is 0 Å². The SMILES string of the molecule is CN(C)C(=O)c1ccc(N2CC3(CCN(C(=O)OC(C)(C)C)CC3)C2)cc1Cl. The van der Waals surface area contributed by atoms with Crippen LogP contribution in [0.1, 0.15) is 44.0 Å². The molecule has 1 aromatic rings. The third kappa shape index (κ3) is 4.37. The van der Waals surface area contributed by atoms with Crippen LogP contribution in [-0.4, -0.2) is 67.7 Å². The largest absolute Gasteiger partial charge is 0.444 e. The first-order chi connectivity index (χ1) is 13.0. The Bertz CT molecular complexity index is 757. The van der Waals surface area contributed by atoms with Crippen LogP contribution in [0.25, 0.3) is 0 Å². The van der Waals surface area contributed by atoms with Gasteiger partial charge >= 0.3 is 6.09 Å². The Morgan fingerprint density at radius 2 is 1.75 bits per heavy atom. The second kappa shape index (κ2) is 7.47. The van der Waals surface area contributed by atoms with Crippen molar-refractivity contribution < 1.29 is 14.3 Å². The van der Waals surface area contributed by atoms with Gasteiger partial charge in [-0.1, -0.05) is 11.6 Å². The molecule has 6 nitrogen and oxygen atoms in total. The molecular weight excluding hydrogens is 378 g/mol. The summed E-state index contributed by atoms with van der Waals surface area (Å²) in [5.41, 5.74) is 1.36. The summed E-state index contributed by atoms with van der Waals surface area (Å²) in [6, 6.07) is 5.64. The van der Waals surface area contributed by atoms with Crippen molar-refractivity contribution in [2.75, 3.05) is 45.2 Å². The molecule has 0 atom stereocenters. The molecule has 2 fully saturated rings. The summed E-state index contributed by atoms with van der Waals surface area (Å²) in [6.07, 6.45) is 1.74. The lowest BCUT2D eigenvalue weighted by atomic mass is 9.72. The Morgan fingerprint density at radius 3 is 2.25 bits per heavy atom. The molecule has 0 unspecified atom stereocenters. The number of anilines is 1. The number of piperidine rings is 1. The monoisotopic (exact) mass is 407 g/mol. The molecule has 2 aliphatic rings. The van der Waals surface area contributed by atoms with Gasteiger partial charge in [-0.25, -0.2) is 4.79 Å². The molecular formula is C21H30ClN3O3. The van der Waals surface area contributed by atoms with Crippen LogP contribution in [0.3, 0.4) is 0 Å². The first-order valence-electron chi connectivity index (χ1n) is 9.74. The zero-order valence-electron chi connectivity index (χ0n) is 17.4. The summed E-state index contributed by atoms with van der Waals surface area (Å²) in [5, 5.41) is 0.483. The molecule has 0 bridgehead atoms. The lowest BCUT2D eigenvalue weighted by Gasteiger charge is -2.55. The number of hydrogen-bond donors (Lipinski definition) is 0. The normalized spacial score (nSPS) is 18.6. The Morgan fingerprint density at radius 1 is 1.14 bits per heavy atom.